The first-order valence-electron chi connectivity index (χ1n) is 6.92. The number of hydrogen-bond donors (Lipinski definition) is 2. The highest BCUT2D eigenvalue weighted by atomic mass is 35.5. The Morgan fingerprint density at radius 1 is 1.10 bits per heavy atom. The Hall–Kier alpha value is -2.00. The van der Waals surface area contributed by atoms with Crippen LogP contribution in [0.3, 0.4) is 0 Å². The molecule has 2 aromatic carbocycles. The Balaban J connectivity index is 1.85. The van der Waals surface area contributed by atoms with Crippen molar-refractivity contribution in [2.45, 2.75) is 20.3 Å². The average Bonchev–Trinajstić information content (AvgIpc) is 2.45. The molecule has 0 bridgehead atoms. The molecule has 2 aromatic rings. The average molecular weight is 303 g/mol. The normalized spacial score (nSPS) is 10.2. The minimum Gasteiger partial charge on any atom is -0.384 e. The molecule has 0 saturated carbocycles. The summed E-state index contributed by atoms with van der Waals surface area (Å²) in [5.41, 5.74) is 4.09. The summed E-state index contributed by atoms with van der Waals surface area (Å²) in [4.78, 5) is 11.9. The van der Waals surface area contributed by atoms with Crippen LogP contribution in [0.4, 0.5) is 11.4 Å². The van der Waals surface area contributed by atoms with Crippen molar-refractivity contribution in [3.8, 4) is 0 Å². The number of carbonyl (C=O) groups excluding carboxylic acids is 1. The van der Waals surface area contributed by atoms with E-state index in [-0.39, 0.29) is 5.91 Å². The molecular formula is C17H19ClN2O. The number of anilines is 2. The van der Waals surface area contributed by atoms with Crippen LogP contribution >= 0.6 is 11.6 Å². The fraction of sp³-hybridized carbons (Fsp3) is 0.235. The summed E-state index contributed by atoms with van der Waals surface area (Å²) < 4.78 is 0. The summed E-state index contributed by atoms with van der Waals surface area (Å²) >= 11 is 6.01. The third-order valence-electron chi connectivity index (χ3n) is 3.21. The number of para-hydroxylation sites is 1. The lowest BCUT2D eigenvalue weighted by Crippen LogP contribution is -2.16. The summed E-state index contributed by atoms with van der Waals surface area (Å²) in [5.74, 6) is -0.0547. The molecule has 2 rings (SSSR count). The molecule has 0 radical (unpaired) electrons. The fourth-order valence-corrected chi connectivity index (χ4v) is 2.20. The number of amides is 1. The Kier molecular flexibility index (Phi) is 5.23. The van der Waals surface area contributed by atoms with Crippen molar-refractivity contribution >= 4 is 28.9 Å². The predicted molar refractivity (Wildman–Crippen MR) is 89.1 cm³/mol. The van der Waals surface area contributed by atoms with Crippen molar-refractivity contribution in [2.24, 2.45) is 0 Å². The van der Waals surface area contributed by atoms with Gasteiger partial charge in [0.15, 0.2) is 0 Å². The van der Waals surface area contributed by atoms with Gasteiger partial charge in [0.05, 0.1) is 10.7 Å². The van der Waals surface area contributed by atoms with Crippen molar-refractivity contribution in [1.29, 1.82) is 0 Å². The second-order valence-electron chi connectivity index (χ2n) is 5.02. The van der Waals surface area contributed by atoms with Gasteiger partial charge in [0.25, 0.3) is 0 Å². The lowest BCUT2D eigenvalue weighted by molar-refractivity contribution is -0.115. The molecule has 2 N–H and O–H groups in total. The Bertz CT molecular complexity index is 640. The van der Waals surface area contributed by atoms with Gasteiger partial charge in [0, 0.05) is 18.7 Å². The van der Waals surface area contributed by atoms with Crippen LogP contribution < -0.4 is 10.6 Å². The Labute approximate surface area is 130 Å². The summed E-state index contributed by atoms with van der Waals surface area (Å²) in [7, 11) is 0. The highest BCUT2D eigenvalue weighted by Crippen LogP contribution is 2.20. The lowest BCUT2D eigenvalue weighted by Gasteiger charge is -2.11. The number of nitrogens with one attached hydrogen (secondary N) is 2. The first kappa shape index (κ1) is 15.4. The van der Waals surface area contributed by atoms with Gasteiger partial charge in [-0.25, -0.2) is 0 Å². The zero-order valence-electron chi connectivity index (χ0n) is 12.2. The van der Waals surface area contributed by atoms with E-state index in [1.807, 2.05) is 19.1 Å². The number of rotatable bonds is 5. The number of aryl methyl sites for hydroxylation is 2. The van der Waals surface area contributed by atoms with E-state index in [9.17, 15) is 4.79 Å². The highest BCUT2D eigenvalue weighted by Gasteiger charge is 2.05. The van der Waals surface area contributed by atoms with Gasteiger partial charge >= 0.3 is 0 Å². The van der Waals surface area contributed by atoms with E-state index in [0.717, 1.165) is 5.69 Å². The number of benzene rings is 2. The SMILES string of the molecule is Cc1ccc(C)c(NCCC(=O)Nc2ccccc2Cl)c1. The van der Waals surface area contributed by atoms with Gasteiger partial charge in [0.2, 0.25) is 5.91 Å². The lowest BCUT2D eigenvalue weighted by atomic mass is 10.1. The van der Waals surface area contributed by atoms with Crippen LogP contribution in [-0.2, 0) is 4.79 Å². The smallest absolute Gasteiger partial charge is 0.226 e. The van der Waals surface area contributed by atoms with Crippen molar-refractivity contribution < 1.29 is 4.79 Å². The largest absolute Gasteiger partial charge is 0.384 e. The Morgan fingerprint density at radius 2 is 1.86 bits per heavy atom. The van der Waals surface area contributed by atoms with Crippen LogP contribution in [0.1, 0.15) is 17.5 Å². The Morgan fingerprint density at radius 3 is 2.62 bits per heavy atom. The minimum atomic E-state index is -0.0547. The topological polar surface area (TPSA) is 41.1 Å². The van der Waals surface area contributed by atoms with E-state index in [1.54, 1.807) is 12.1 Å². The van der Waals surface area contributed by atoms with Crippen LogP contribution in [0, 0.1) is 13.8 Å². The van der Waals surface area contributed by atoms with Gasteiger partial charge in [-0.2, -0.15) is 0 Å². The van der Waals surface area contributed by atoms with E-state index in [0.29, 0.717) is 23.7 Å². The summed E-state index contributed by atoms with van der Waals surface area (Å²) in [6.45, 7) is 4.68. The second-order valence-corrected chi connectivity index (χ2v) is 5.43. The molecule has 0 aliphatic heterocycles. The molecular weight excluding hydrogens is 284 g/mol. The summed E-state index contributed by atoms with van der Waals surface area (Å²) in [6, 6.07) is 13.5. The molecule has 0 spiro atoms. The zero-order chi connectivity index (χ0) is 15.2. The quantitative estimate of drug-likeness (QED) is 0.859. The fourth-order valence-electron chi connectivity index (χ4n) is 2.01. The first-order chi connectivity index (χ1) is 10.1. The van der Waals surface area contributed by atoms with E-state index in [1.165, 1.54) is 11.1 Å². The molecule has 4 heteroatoms. The monoisotopic (exact) mass is 302 g/mol. The standard InChI is InChI=1S/C17H19ClN2O/c1-12-7-8-13(2)16(11-12)19-10-9-17(21)20-15-6-4-3-5-14(15)18/h3-8,11,19H,9-10H2,1-2H3,(H,20,21). The van der Waals surface area contributed by atoms with Gasteiger partial charge in [-0.3, -0.25) is 4.79 Å². The van der Waals surface area contributed by atoms with Crippen LogP contribution in [0.15, 0.2) is 42.5 Å². The van der Waals surface area contributed by atoms with Crippen LogP contribution in [0.5, 0.6) is 0 Å². The van der Waals surface area contributed by atoms with Crippen LogP contribution in [0.25, 0.3) is 0 Å². The van der Waals surface area contributed by atoms with Gasteiger partial charge < -0.3 is 10.6 Å². The van der Waals surface area contributed by atoms with Gasteiger partial charge in [-0.1, -0.05) is 35.9 Å². The van der Waals surface area contributed by atoms with E-state index in [2.05, 4.69) is 35.8 Å². The van der Waals surface area contributed by atoms with Gasteiger partial charge in [0.1, 0.15) is 0 Å². The number of carbonyl (C=O) groups is 1. The molecule has 1 amide bonds. The molecule has 3 nitrogen and oxygen atoms in total. The number of hydrogen-bond acceptors (Lipinski definition) is 2. The van der Waals surface area contributed by atoms with Gasteiger partial charge in [-0.15, -0.1) is 0 Å². The maximum absolute atomic E-state index is 11.9. The molecule has 0 aliphatic rings. The first-order valence-corrected chi connectivity index (χ1v) is 7.29. The summed E-state index contributed by atoms with van der Waals surface area (Å²) in [6.07, 6.45) is 0.388. The third-order valence-corrected chi connectivity index (χ3v) is 3.54. The molecule has 21 heavy (non-hydrogen) atoms. The van der Waals surface area contributed by atoms with Crippen molar-refractivity contribution in [3.05, 3.63) is 58.6 Å². The maximum atomic E-state index is 11.9. The number of halogens is 1. The molecule has 0 heterocycles. The molecule has 0 saturated heterocycles. The minimum absolute atomic E-state index is 0.0547. The van der Waals surface area contributed by atoms with Crippen LogP contribution in [-0.4, -0.2) is 12.5 Å². The molecule has 0 aliphatic carbocycles. The van der Waals surface area contributed by atoms with Crippen molar-refractivity contribution in [1.82, 2.24) is 0 Å². The highest BCUT2D eigenvalue weighted by molar-refractivity contribution is 6.33. The molecule has 110 valence electrons. The molecule has 0 aromatic heterocycles. The summed E-state index contributed by atoms with van der Waals surface area (Å²) in [5, 5.41) is 6.65. The van der Waals surface area contributed by atoms with Crippen molar-refractivity contribution in [3.63, 3.8) is 0 Å². The van der Waals surface area contributed by atoms with E-state index >= 15 is 0 Å². The second kappa shape index (κ2) is 7.14. The van der Waals surface area contributed by atoms with Crippen molar-refractivity contribution in [2.75, 3.05) is 17.2 Å². The maximum Gasteiger partial charge on any atom is 0.226 e. The molecule has 0 unspecified atom stereocenters. The third kappa shape index (κ3) is 4.50. The van der Waals surface area contributed by atoms with Gasteiger partial charge in [-0.05, 0) is 43.2 Å². The van der Waals surface area contributed by atoms with Crippen LogP contribution in [0.2, 0.25) is 5.02 Å². The predicted octanol–water partition coefficient (Wildman–Crippen LogP) is 4.40. The zero-order valence-corrected chi connectivity index (χ0v) is 13.0. The van der Waals surface area contributed by atoms with E-state index < -0.39 is 0 Å². The van der Waals surface area contributed by atoms with E-state index in [4.69, 9.17) is 11.6 Å². The molecule has 0 atom stereocenters. The molecule has 0 fully saturated rings.